The lowest BCUT2D eigenvalue weighted by molar-refractivity contribution is 0.101. The van der Waals surface area contributed by atoms with Gasteiger partial charge in [0.25, 0.3) is 5.91 Å². The minimum Gasteiger partial charge on any atom is -0.481 e. The molecule has 122 valence electrons. The lowest BCUT2D eigenvalue weighted by Gasteiger charge is -2.05. The molecular formula is C17H15ClN4O2. The van der Waals surface area contributed by atoms with Crippen molar-refractivity contribution in [3.8, 4) is 17.1 Å². The molecule has 0 atom stereocenters. The van der Waals surface area contributed by atoms with E-state index >= 15 is 0 Å². The predicted molar refractivity (Wildman–Crippen MR) is 92.4 cm³/mol. The monoisotopic (exact) mass is 342 g/mol. The SMILES string of the molecule is COc1ccc(NC(=O)c2cc(-c3ccccc3Cl)nn2C)cn1. The molecule has 6 nitrogen and oxygen atoms in total. The highest BCUT2D eigenvalue weighted by Crippen LogP contribution is 2.27. The Kier molecular flexibility index (Phi) is 4.48. The van der Waals surface area contributed by atoms with Crippen LogP contribution in [0.2, 0.25) is 5.02 Å². The van der Waals surface area contributed by atoms with E-state index in [1.54, 1.807) is 31.3 Å². The number of pyridine rings is 1. The Labute approximate surface area is 144 Å². The van der Waals surface area contributed by atoms with Gasteiger partial charge in [0.1, 0.15) is 5.69 Å². The summed E-state index contributed by atoms with van der Waals surface area (Å²) in [4.78, 5) is 16.5. The Morgan fingerprint density at radius 3 is 2.71 bits per heavy atom. The zero-order valence-electron chi connectivity index (χ0n) is 13.2. The molecule has 0 radical (unpaired) electrons. The smallest absolute Gasteiger partial charge is 0.273 e. The quantitative estimate of drug-likeness (QED) is 0.789. The Morgan fingerprint density at radius 2 is 2.04 bits per heavy atom. The van der Waals surface area contributed by atoms with Gasteiger partial charge in [-0.2, -0.15) is 5.10 Å². The average Bonchev–Trinajstić information content (AvgIpc) is 2.97. The first-order valence-corrected chi connectivity index (χ1v) is 7.56. The molecule has 0 aliphatic heterocycles. The summed E-state index contributed by atoms with van der Waals surface area (Å²) < 4.78 is 6.51. The van der Waals surface area contributed by atoms with Crippen LogP contribution in [0.3, 0.4) is 0 Å². The second-order valence-corrected chi connectivity index (χ2v) is 5.47. The number of nitrogens with one attached hydrogen (secondary N) is 1. The van der Waals surface area contributed by atoms with Crippen LogP contribution in [-0.2, 0) is 7.05 Å². The summed E-state index contributed by atoms with van der Waals surface area (Å²) in [5, 5.41) is 7.73. The molecular weight excluding hydrogens is 328 g/mol. The number of aryl methyl sites for hydroxylation is 1. The summed E-state index contributed by atoms with van der Waals surface area (Å²) >= 11 is 6.19. The van der Waals surface area contributed by atoms with Crippen molar-refractivity contribution in [3.05, 3.63) is 59.4 Å². The second-order valence-electron chi connectivity index (χ2n) is 5.06. The molecule has 24 heavy (non-hydrogen) atoms. The van der Waals surface area contributed by atoms with E-state index in [1.165, 1.54) is 18.0 Å². The molecule has 0 bridgehead atoms. The van der Waals surface area contributed by atoms with Crippen LogP contribution in [0.5, 0.6) is 5.88 Å². The van der Waals surface area contributed by atoms with Crippen molar-refractivity contribution >= 4 is 23.2 Å². The van der Waals surface area contributed by atoms with Crippen LogP contribution in [0.1, 0.15) is 10.5 Å². The first-order valence-electron chi connectivity index (χ1n) is 7.19. The highest BCUT2D eigenvalue weighted by atomic mass is 35.5. The van der Waals surface area contributed by atoms with E-state index in [4.69, 9.17) is 16.3 Å². The van der Waals surface area contributed by atoms with E-state index in [2.05, 4.69) is 15.4 Å². The fraction of sp³-hybridized carbons (Fsp3) is 0.118. The van der Waals surface area contributed by atoms with Gasteiger partial charge in [-0.3, -0.25) is 9.48 Å². The summed E-state index contributed by atoms with van der Waals surface area (Å²) in [5.74, 6) is 0.199. The molecule has 0 spiro atoms. The third kappa shape index (κ3) is 3.23. The molecule has 0 saturated carbocycles. The summed E-state index contributed by atoms with van der Waals surface area (Å²) in [6, 6.07) is 12.5. The van der Waals surface area contributed by atoms with Crippen molar-refractivity contribution < 1.29 is 9.53 Å². The van der Waals surface area contributed by atoms with Gasteiger partial charge in [-0.15, -0.1) is 0 Å². The molecule has 1 N–H and O–H groups in total. The number of amides is 1. The van der Waals surface area contributed by atoms with Gasteiger partial charge in [0.2, 0.25) is 5.88 Å². The van der Waals surface area contributed by atoms with Gasteiger partial charge >= 0.3 is 0 Å². The standard InChI is InChI=1S/C17H15ClN4O2/c1-22-15(9-14(21-22)12-5-3-4-6-13(12)18)17(23)20-11-7-8-16(24-2)19-10-11/h3-10H,1-2H3,(H,20,23). The number of hydrogen-bond donors (Lipinski definition) is 1. The van der Waals surface area contributed by atoms with E-state index in [0.717, 1.165) is 5.56 Å². The van der Waals surface area contributed by atoms with Gasteiger partial charge in [-0.25, -0.2) is 4.98 Å². The predicted octanol–water partition coefficient (Wildman–Crippen LogP) is 3.40. The van der Waals surface area contributed by atoms with E-state index < -0.39 is 0 Å². The first-order chi connectivity index (χ1) is 11.6. The topological polar surface area (TPSA) is 69.0 Å². The van der Waals surface area contributed by atoms with Gasteiger partial charge in [0.05, 0.1) is 29.7 Å². The van der Waals surface area contributed by atoms with Crippen LogP contribution in [0, 0.1) is 0 Å². The molecule has 2 heterocycles. The minimum atomic E-state index is -0.282. The van der Waals surface area contributed by atoms with Crippen molar-refractivity contribution in [2.24, 2.45) is 7.05 Å². The highest BCUT2D eigenvalue weighted by Gasteiger charge is 2.16. The Morgan fingerprint density at radius 1 is 1.25 bits per heavy atom. The molecule has 0 aliphatic rings. The molecule has 1 aromatic carbocycles. The van der Waals surface area contributed by atoms with E-state index in [0.29, 0.717) is 28.0 Å². The normalized spacial score (nSPS) is 10.5. The maximum absolute atomic E-state index is 12.5. The number of halogens is 1. The molecule has 0 saturated heterocycles. The zero-order valence-corrected chi connectivity index (χ0v) is 13.9. The van der Waals surface area contributed by atoms with Crippen LogP contribution >= 0.6 is 11.6 Å². The van der Waals surface area contributed by atoms with Gasteiger partial charge in [0.15, 0.2) is 0 Å². The van der Waals surface area contributed by atoms with Crippen molar-refractivity contribution in [3.63, 3.8) is 0 Å². The lowest BCUT2D eigenvalue weighted by Crippen LogP contribution is -2.16. The average molecular weight is 343 g/mol. The van der Waals surface area contributed by atoms with Crippen LogP contribution < -0.4 is 10.1 Å². The lowest BCUT2D eigenvalue weighted by atomic mass is 10.1. The number of aromatic nitrogens is 3. The van der Waals surface area contributed by atoms with E-state index in [-0.39, 0.29) is 5.91 Å². The fourth-order valence-corrected chi connectivity index (χ4v) is 2.48. The van der Waals surface area contributed by atoms with Crippen molar-refractivity contribution in [1.82, 2.24) is 14.8 Å². The Bertz CT molecular complexity index is 875. The Balaban J connectivity index is 1.84. The number of methoxy groups -OCH3 is 1. The van der Waals surface area contributed by atoms with Crippen molar-refractivity contribution in [1.29, 1.82) is 0 Å². The molecule has 0 unspecified atom stereocenters. The summed E-state index contributed by atoms with van der Waals surface area (Å²) in [5.41, 5.74) is 2.41. The summed E-state index contributed by atoms with van der Waals surface area (Å²) in [6.07, 6.45) is 1.53. The zero-order chi connectivity index (χ0) is 17.1. The fourth-order valence-electron chi connectivity index (χ4n) is 2.25. The van der Waals surface area contributed by atoms with Gasteiger partial charge < -0.3 is 10.1 Å². The number of carbonyl (C=O) groups is 1. The number of benzene rings is 1. The number of rotatable bonds is 4. The molecule has 1 amide bonds. The largest absolute Gasteiger partial charge is 0.481 e. The molecule has 7 heteroatoms. The number of anilines is 1. The van der Waals surface area contributed by atoms with Crippen LogP contribution in [0.4, 0.5) is 5.69 Å². The molecule has 2 aromatic heterocycles. The summed E-state index contributed by atoms with van der Waals surface area (Å²) in [7, 11) is 3.24. The number of ether oxygens (including phenoxy) is 1. The maximum Gasteiger partial charge on any atom is 0.273 e. The van der Waals surface area contributed by atoms with Crippen LogP contribution in [0.25, 0.3) is 11.3 Å². The van der Waals surface area contributed by atoms with Crippen LogP contribution in [0.15, 0.2) is 48.7 Å². The van der Waals surface area contributed by atoms with Crippen molar-refractivity contribution in [2.75, 3.05) is 12.4 Å². The number of nitrogens with zero attached hydrogens (tertiary/aromatic N) is 3. The molecule has 3 rings (SSSR count). The van der Waals surface area contributed by atoms with Gasteiger partial charge in [0, 0.05) is 18.7 Å². The van der Waals surface area contributed by atoms with E-state index in [1.807, 2.05) is 18.2 Å². The summed E-state index contributed by atoms with van der Waals surface area (Å²) in [6.45, 7) is 0. The molecule has 3 aromatic rings. The maximum atomic E-state index is 12.5. The van der Waals surface area contributed by atoms with Gasteiger partial charge in [-0.05, 0) is 18.2 Å². The molecule has 0 fully saturated rings. The third-order valence-electron chi connectivity index (χ3n) is 3.47. The third-order valence-corrected chi connectivity index (χ3v) is 3.80. The first kappa shape index (κ1) is 16.0. The van der Waals surface area contributed by atoms with Gasteiger partial charge in [-0.1, -0.05) is 29.8 Å². The Hall–Kier alpha value is -2.86. The van der Waals surface area contributed by atoms with Crippen LogP contribution in [-0.4, -0.2) is 27.8 Å². The van der Waals surface area contributed by atoms with E-state index in [9.17, 15) is 4.79 Å². The second kappa shape index (κ2) is 6.72. The number of hydrogen-bond acceptors (Lipinski definition) is 4. The molecule has 0 aliphatic carbocycles. The highest BCUT2D eigenvalue weighted by molar-refractivity contribution is 6.33. The number of carbonyl (C=O) groups excluding carboxylic acids is 1. The van der Waals surface area contributed by atoms with Crippen molar-refractivity contribution in [2.45, 2.75) is 0 Å². The minimum absolute atomic E-state index is 0.282.